The molecular formula is C24H26ClN5O. The van der Waals surface area contributed by atoms with Gasteiger partial charge in [-0.1, -0.05) is 35.9 Å². The Kier molecular flexibility index (Phi) is 6.51. The van der Waals surface area contributed by atoms with Crippen LogP contribution in [0, 0.1) is 0 Å². The first-order valence-corrected chi connectivity index (χ1v) is 10.7. The summed E-state index contributed by atoms with van der Waals surface area (Å²) < 4.78 is 0. The molecule has 2 heterocycles. The third-order valence-electron chi connectivity index (χ3n) is 5.53. The van der Waals surface area contributed by atoms with Crippen molar-refractivity contribution < 1.29 is 4.79 Å². The van der Waals surface area contributed by atoms with Crippen LogP contribution in [0.2, 0.25) is 5.02 Å². The van der Waals surface area contributed by atoms with E-state index in [4.69, 9.17) is 17.3 Å². The highest BCUT2D eigenvalue weighted by atomic mass is 35.5. The maximum absolute atomic E-state index is 12.5. The van der Waals surface area contributed by atoms with Crippen LogP contribution >= 0.6 is 11.6 Å². The fraction of sp³-hybridized carbons (Fsp3) is 0.250. The van der Waals surface area contributed by atoms with Gasteiger partial charge < -0.3 is 16.0 Å². The first kappa shape index (κ1) is 21.3. The number of carbonyl (C=O) groups excluding carboxylic acids is 1. The van der Waals surface area contributed by atoms with Crippen LogP contribution in [0.25, 0.3) is 11.3 Å². The summed E-state index contributed by atoms with van der Waals surface area (Å²) >= 11 is 6.55. The molecule has 160 valence electrons. The van der Waals surface area contributed by atoms with E-state index in [2.05, 4.69) is 27.1 Å². The van der Waals surface area contributed by atoms with Crippen LogP contribution in [0.4, 0.5) is 11.4 Å². The van der Waals surface area contributed by atoms with Crippen LogP contribution < -0.4 is 11.1 Å². The summed E-state index contributed by atoms with van der Waals surface area (Å²) in [7, 11) is 2.15. The summed E-state index contributed by atoms with van der Waals surface area (Å²) in [6.07, 6.45) is 1.89. The summed E-state index contributed by atoms with van der Waals surface area (Å²) in [6.45, 7) is 5.11. The highest BCUT2D eigenvalue weighted by Gasteiger charge is 2.15. The first-order chi connectivity index (χ1) is 15.0. The molecule has 0 unspecified atom stereocenters. The monoisotopic (exact) mass is 435 g/mol. The number of aromatic nitrogens is 1. The Morgan fingerprint density at radius 1 is 1.10 bits per heavy atom. The van der Waals surface area contributed by atoms with Gasteiger partial charge in [-0.15, -0.1) is 0 Å². The second kappa shape index (κ2) is 9.47. The number of hydrogen-bond acceptors (Lipinski definition) is 5. The number of amides is 1. The summed E-state index contributed by atoms with van der Waals surface area (Å²) in [6, 6.07) is 16.4. The molecule has 3 aromatic rings. The van der Waals surface area contributed by atoms with Crippen LogP contribution in [0.15, 0.2) is 60.8 Å². The molecule has 7 heteroatoms. The lowest BCUT2D eigenvalue weighted by Crippen LogP contribution is -2.43. The molecule has 0 radical (unpaired) electrons. The summed E-state index contributed by atoms with van der Waals surface area (Å²) in [4.78, 5) is 21.9. The van der Waals surface area contributed by atoms with Crippen molar-refractivity contribution >= 4 is 28.9 Å². The van der Waals surface area contributed by atoms with Crippen molar-refractivity contribution in [3.63, 3.8) is 0 Å². The molecule has 1 fully saturated rings. The van der Waals surface area contributed by atoms with Crippen molar-refractivity contribution in [2.45, 2.75) is 6.54 Å². The van der Waals surface area contributed by atoms with E-state index in [0.29, 0.717) is 27.7 Å². The largest absolute Gasteiger partial charge is 0.397 e. The Morgan fingerprint density at radius 2 is 1.81 bits per heavy atom. The Labute approximate surface area is 187 Å². The van der Waals surface area contributed by atoms with Gasteiger partial charge in [-0.2, -0.15) is 0 Å². The van der Waals surface area contributed by atoms with Gasteiger partial charge in [-0.05, 0) is 42.9 Å². The molecule has 1 aromatic heterocycles. The number of rotatable bonds is 5. The van der Waals surface area contributed by atoms with Gasteiger partial charge in [0.15, 0.2) is 0 Å². The van der Waals surface area contributed by atoms with E-state index in [1.807, 2.05) is 36.5 Å². The Morgan fingerprint density at radius 3 is 2.48 bits per heavy atom. The summed E-state index contributed by atoms with van der Waals surface area (Å²) in [5.41, 5.74) is 10.2. The molecule has 2 aromatic carbocycles. The molecule has 0 atom stereocenters. The van der Waals surface area contributed by atoms with Crippen molar-refractivity contribution in [3.05, 3.63) is 76.9 Å². The lowest BCUT2D eigenvalue weighted by atomic mass is 10.1. The van der Waals surface area contributed by atoms with E-state index in [0.717, 1.165) is 43.9 Å². The molecule has 1 aliphatic rings. The van der Waals surface area contributed by atoms with E-state index in [1.54, 1.807) is 24.3 Å². The normalized spacial score (nSPS) is 15.0. The standard InChI is InChI=1S/C24H26ClN5O/c1-29-10-12-30(13-11-29)16-17-14-20(25)23(27-15-17)18-6-8-19(9-7-18)24(31)28-22-5-3-2-4-21(22)26/h2-9,14-15H,10-13,16,26H2,1H3,(H,28,31). The van der Waals surface area contributed by atoms with Gasteiger partial charge in [-0.25, -0.2) is 0 Å². The van der Waals surface area contributed by atoms with Crippen molar-refractivity contribution in [1.82, 2.24) is 14.8 Å². The van der Waals surface area contributed by atoms with Gasteiger partial charge in [0.25, 0.3) is 5.91 Å². The lowest BCUT2D eigenvalue weighted by molar-refractivity contribution is 0.102. The predicted molar refractivity (Wildman–Crippen MR) is 126 cm³/mol. The number of halogens is 1. The quantitative estimate of drug-likeness (QED) is 0.593. The zero-order valence-corrected chi connectivity index (χ0v) is 18.3. The molecule has 1 aliphatic heterocycles. The fourth-order valence-electron chi connectivity index (χ4n) is 3.63. The van der Waals surface area contributed by atoms with Gasteiger partial charge in [0.05, 0.1) is 22.1 Å². The van der Waals surface area contributed by atoms with E-state index in [9.17, 15) is 4.79 Å². The van der Waals surface area contributed by atoms with Crippen LogP contribution in [-0.4, -0.2) is 53.9 Å². The van der Waals surface area contributed by atoms with E-state index >= 15 is 0 Å². The third-order valence-corrected chi connectivity index (χ3v) is 5.82. The molecule has 4 rings (SSSR count). The smallest absolute Gasteiger partial charge is 0.255 e. The topological polar surface area (TPSA) is 74.5 Å². The molecule has 1 amide bonds. The van der Waals surface area contributed by atoms with E-state index < -0.39 is 0 Å². The minimum Gasteiger partial charge on any atom is -0.397 e. The SMILES string of the molecule is CN1CCN(Cc2cnc(-c3ccc(C(=O)Nc4ccccc4N)cc3)c(Cl)c2)CC1. The van der Waals surface area contributed by atoms with E-state index in [-0.39, 0.29) is 5.91 Å². The van der Waals surface area contributed by atoms with Gasteiger partial charge >= 0.3 is 0 Å². The highest BCUT2D eigenvalue weighted by Crippen LogP contribution is 2.27. The number of likely N-dealkylation sites (N-methyl/N-ethyl adjacent to an activating group) is 1. The van der Waals surface area contributed by atoms with Gasteiger partial charge in [-0.3, -0.25) is 14.7 Å². The maximum atomic E-state index is 12.5. The zero-order chi connectivity index (χ0) is 21.8. The van der Waals surface area contributed by atoms with Crippen molar-refractivity contribution in [2.75, 3.05) is 44.3 Å². The van der Waals surface area contributed by atoms with Crippen LogP contribution in [0.5, 0.6) is 0 Å². The van der Waals surface area contributed by atoms with Crippen LogP contribution in [0.3, 0.4) is 0 Å². The minimum atomic E-state index is -0.217. The Bertz CT molecular complexity index is 1060. The summed E-state index contributed by atoms with van der Waals surface area (Å²) in [5, 5.41) is 3.44. The average molecular weight is 436 g/mol. The fourth-order valence-corrected chi connectivity index (χ4v) is 3.92. The van der Waals surface area contributed by atoms with Gasteiger partial charge in [0, 0.05) is 50.0 Å². The number of benzene rings is 2. The highest BCUT2D eigenvalue weighted by molar-refractivity contribution is 6.33. The second-order valence-corrected chi connectivity index (χ2v) is 8.28. The second-order valence-electron chi connectivity index (χ2n) is 7.87. The number of nitrogens with one attached hydrogen (secondary N) is 1. The molecule has 1 saturated heterocycles. The molecular weight excluding hydrogens is 410 g/mol. The van der Waals surface area contributed by atoms with Gasteiger partial charge in [0.2, 0.25) is 0 Å². The van der Waals surface area contributed by atoms with Gasteiger partial charge in [0.1, 0.15) is 0 Å². The Hall–Kier alpha value is -2.93. The number of nitrogen functional groups attached to an aromatic ring is 1. The molecule has 6 nitrogen and oxygen atoms in total. The van der Waals surface area contributed by atoms with Crippen molar-refractivity contribution in [1.29, 1.82) is 0 Å². The number of nitrogens with two attached hydrogens (primary N) is 1. The number of piperazine rings is 1. The predicted octanol–water partition coefficient (Wildman–Crippen LogP) is 3.98. The number of hydrogen-bond donors (Lipinski definition) is 2. The number of anilines is 2. The number of nitrogens with zero attached hydrogens (tertiary/aromatic N) is 3. The molecule has 0 spiro atoms. The molecule has 31 heavy (non-hydrogen) atoms. The average Bonchev–Trinajstić information content (AvgIpc) is 2.77. The third kappa shape index (κ3) is 5.22. The van der Waals surface area contributed by atoms with Crippen molar-refractivity contribution in [2.24, 2.45) is 0 Å². The summed E-state index contributed by atoms with van der Waals surface area (Å²) in [5.74, 6) is -0.217. The number of carbonyl (C=O) groups is 1. The first-order valence-electron chi connectivity index (χ1n) is 10.3. The minimum absolute atomic E-state index is 0.217. The lowest BCUT2D eigenvalue weighted by Gasteiger charge is -2.32. The Balaban J connectivity index is 1.43. The van der Waals surface area contributed by atoms with Crippen molar-refractivity contribution in [3.8, 4) is 11.3 Å². The molecule has 0 aliphatic carbocycles. The molecule has 0 bridgehead atoms. The molecule has 0 saturated carbocycles. The van der Waals surface area contributed by atoms with Crippen LogP contribution in [0.1, 0.15) is 15.9 Å². The zero-order valence-electron chi connectivity index (χ0n) is 17.5. The van der Waals surface area contributed by atoms with E-state index in [1.165, 1.54) is 0 Å². The number of pyridine rings is 1. The van der Waals surface area contributed by atoms with Crippen LogP contribution in [-0.2, 0) is 6.54 Å². The molecule has 3 N–H and O–H groups in total. The maximum Gasteiger partial charge on any atom is 0.255 e. The number of para-hydroxylation sites is 2.